The first-order valence-electron chi connectivity index (χ1n) is 12.1. The van der Waals surface area contributed by atoms with Crippen LogP contribution in [0.5, 0.6) is 0 Å². The smallest absolute Gasteiger partial charge is 0.294 e. The van der Waals surface area contributed by atoms with E-state index in [0.29, 0.717) is 23.3 Å². The summed E-state index contributed by atoms with van der Waals surface area (Å²) < 4.78 is 60.6. The zero-order valence-corrected chi connectivity index (χ0v) is 25.5. The molecule has 0 aromatic heterocycles. The molecule has 2 aromatic carbocycles. The van der Waals surface area contributed by atoms with Gasteiger partial charge in [0.25, 0.3) is 20.2 Å². The molecule has 2 atom stereocenters. The van der Waals surface area contributed by atoms with Gasteiger partial charge in [0.15, 0.2) is 10.2 Å². The van der Waals surface area contributed by atoms with Gasteiger partial charge in [-0.25, -0.2) is 0 Å². The van der Waals surface area contributed by atoms with E-state index in [9.17, 15) is 22.4 Å². The van der Waals surface area contributed by atoms with Crippen molar-refractivity contribution in [3.05, 3.63) is 65.2 Å². The molecule has 1 fully saturated rings. The zero-order valence-electron chi connectivity index (χ0n) is 22.2. The second-order valence-electron chi connectivity index (χ2n) is 9.00. The van der Waals surface area contributed by atoms with E-state index in [0.717, 1.165) is 36.8 Å². The highest BCUT2D eigenvalue weighted by Crippen LogP contribution is 2.23. The Bertz CT molecular complexity index is 1250. The second-order valence-corrected chi connectivity index (χ2v) is 12.7. The monoisotopic (exact) mass is 632 g/mol. The molecular formula is C24H36N6O6S4. The molecule has 222 valence electrons. The Hall–Kier alpha value is -2.76. The van der Waals surface area contributed by atoms with Crippen molar-refractivity contribution in [3.8, 4) is 0 Å². The van der Waals surface area contributed by atoms with Crippen LogP contribution in [0.1, 0.15) is 36.8 Å². The van der Waals surface area contributed by atoms with Crippen LogP contribution in [0.25, 0.3) is 5.53 Å². The van der Waals surface area contributed by atoms with Crippen LogP contribution in [0.4, 0.5) is 0 Å². The Balaban J connectivity index is 0.000000315. The van der Waals surface area contributed by atoms with Crippen molar-refractivity contribution in [2.45, 2.75) is 61.4 Å². The van der Waals surface area contributed by atoms with Crippen LogP contribution < -0.4 is 22.1 Å². The van der Waals surface area contributed by atoms with Crippen molar-refractivity contribution in [2.24, 2.45) is 11.5 Å². The van der Waals surface area contributed by atoms with Gasteiger partial charge < -0.3 is 32.3 Å². The fraction of sp³-hybridized carbons (Fsp3) is 0.417. The maximum Gasteiger partial charge on any atom is 0.294 e. The predicted octanol–water partition coefficient (Wildman–Crippen LogP) is 2.48. The Kier molecular flexibility index (Phi) is 14.5. The third-order valence-corrected chi connectivity index (χ3v) is 7.80. The molecule has 0 saturated carbocycles. The third-order valence-electron chi connectivity index (χ3n) is 5.77. The lowest BCUT2D eigenvalue weighted by atomic mass is 10.1. The highest BCUT2D eigenvalue weighted by Gasteiger charge is 2.32. The minimum absolute atomic E-state index is 0.0666. The standard InChI is InChI=1S/C10H20N6S2.2C7H8O3S/c11-9(17)14-5-3-7-1-2-8(16(7)13)4-6-15-10(12)18;2*1-6-2-4-7(5-3-6)11(8,9)10/h7-8H,1-6H2,(H3,11,14,17)(H3,12,15,18);2*2-5H,1H3,(H,8,9,10). The van der Waals surface area contributed by atoms with Crippen molar-refractivity contribution in [2.75, 3.05) is 13.1 Å². The minimum atomic E-state index is -4.02. The SMILES string of the molecule is Cc1ccc(S(=O)(=O)O)cc1.Cc1ccc(S(=O)(=O)O)cc1.[N-]=[N+]1C(CCNC(N)=S)CCC1CCNC(N)=S. The van der Waals surface area contributed by atoms with Gasteiger partial charge in [0.05, 0.1) is 9.79 Å². The van der Waals surface area contributed by atoms with E-state index in [1.165, 1.54) is 29.0 Å². The van der Waals surface area contributed by atoms with Gasteiger partial charge in [-0.3, -0.25) is 9.11 Å². The fourth-order valence-electron chi connectivity index (χ4n) is 3.65. The lowest BCUT2D eigenvalue weighted by Crippen LogP contribution is -2.35. The van der Waals surface area contributed by atoms with Crippen LogP contribution in [-0.4, -0.2) is 66.0 Å². The van der Waals surface area contributed by atoms with Crippen molar-refractivity contribution in [1.29, 1.82) is 0 Å². The number of aryl methyl sites for hydroxylation is 2. The second kappa shape index (κ2) is 16.5. The summed E-state index contributed by atoms with van der Waals surface area (Å²) in [5.41, 5.74) is 22.6. The molecule has 16 heteroatoms. The van der Waals surface area contributed by atoms with E-state index >= 15 is 0 Å². The van der Waals surface area contributed by atoms with Crippen LogP contribution in [0, 0.1) is 13.8 Å². The molecule has 12 nitrogen and oxygen atoms in total. The van der Waals surface area contributed by atoms with E-state index < -0.39 is 20.2 Å². The molecular weight excluding hydrogens is 597 g/mol. The largest absolute Gasteiger partial charge is 0.506 e. The van der Waals surface area contributed by atoms with Crippen LogP contribution >= 0.6 is 24.4 Å². The van der Waals surface area contributed by atoms with Crippen molar-refractivity contribution in [3.63, 3.8) is 0 Å². The minimum Gasteiger partial charge on any atom is -0.506 e. The molecule has 0 amide bonds. The van der Waals surface area contributed by atoms with Gasteiger partial charge in [-0.2, -0.15) is 16.8 Å². The van der Waals surface area contributed by atoms with Crippen LogP contribution in [0.2, 0.25) is 0 Å². The predicted molar refractivity (Wildman–Crippen MR) is 161 cm³/mol. The summed E-state index contributed by atoms with van der Waals surface area (Å²) in [7, 11) is -8.04. The number of thiocarbonyl (C=S) groups is 2. The Morgan fingerprint density at radius 3 is 1.35 bits per heavy atom. The summed E-state index contributed by atoms with van der Waals surface area (Å²) in [6.07, 6.45) is 3.61. The molecule has 1 aliphatic heterocycles. The van der Waals surface area contributed by atoms with Gasteiger partial charge in [-0.05, 0) is 62.5 Å². The van der Waals surface area contributed by atoms with Gasteiger partial charge in [-0.1, -0.05) is 35.4 Å². The summed E-state index contributed by atoms with van der Waals surface area (Å²) >= 11 is 9.46. The highest BCUT2D eigenvalue weighted by atomic mass is 32.2. The Labute approximate surface area is 246 Å². The number of nitrogens with one attached hydrogen (secondary N) is 2. The lowest BCUT2D eigenvalue weighted by molar-refractivity contribution is -0.599. The van der Waals surface area contributed by atoms with Gasteiger partial charge in [0.1, 0.15) is 12.1 Å². The zero-order chi connectivity index (χ0) is 30.5. The highest BCUT2D eigenvalue weighted by molar-refractivity contribution is 7.86. The molecule has 0 aliphatic carbocycles. The molecule has 2 unspecified atom stereocenters. The molecule has 0 bridgehead atoms. The lowest BCUT2D eigenvalue weighted by Gasteiger charge is -2.16. The molecule has 1 heterocycles. The average molecular weight is 633 g/mol. The molecule has 40 heavy (non-hydrogen) atoms. The Morgan fingerprint density at radius 2 is 1.10 bits per heavy atom. The number of rotatable bonds is 8. The molecule has 0 radical (unpaired) electrons. The van der Waals surface area contributed by atoms with Crippen LogP contribution in [-0.2, 0) is 20.2 Å². The van der Waals surface area contributed by atoms with Crippen LogP contribution in [0.3, 0.4) is 0 Å². The maximum absolute atomic E-state index is 10.5. The van der Waals surface area contributed by atoms with Crippen molar-refractivity contribution in [1.82, 2.24) is 10.6 Å². The van der Waals surface area contributed by atoms with E-state index in [4.69, 9.17) is 45.0 Å². The molecule has 2 aromatic rings. The third kappa shape index (κ3) is 14.0. The molecule has 0 spiro atoms. The summed E-state index contributed by atoms with van der Waals surface area (Å²) in [5, 5.41) is 6.38. The van der Waals surface area contributed by atoms with E-state index in [1.54, 1.807) is 24.3 Å². The van der Waals surface area contributed by atoms with Gasteiger partial charge in [-0.15, -0.1) is 0 Å². The average Bonchev–Trinajstić information content (AvgIpc) is 3.18. The normalized spacial score (nSPS) is 16.6. The van der Waals surface area contributed by atoms with E-state index in [1.807, 2.05) is 13.8 Å². The van der Waals surface area contributed by atoms with Crippen molar-refractivity contribution >= 4 is 54.9 Å². The quantitative estimate of drug-likeness (QED) is 0.141. The fourth-order valence-corrected chi connectivity index (χ4v) is 4.81. The molecule has 3 rings (SSSR count). The molecule has 8 N–H and O–H groups in total. The first kappa shape index (κ1) is 35.3. The summed E-state index contributed by atoms with van der Waals surface area (Å²) in [5.74, 6) is 0. The number of hydrogen-bond acceptors (Lipinski definition) is 6. The Morgan fingerprint density at radius 1 is 0.800 bits per heavy atom. The van der Waals surface area contributed by atoms with Crippen LogP contribution in [0.15, 0.2) is 58.3 Å². The summed E-state index contributed by atoms with van der Waals surface area (Å²) in [4.78, 5) is -0.133. The molecule has 1 aliphatic rings. The van der Waals surface area contributed by atoms with E-state index in [2.05, 4.69) is 10.6 Å². The maximum atomic E-state index is 10.5. The summed E-state index contributed by atoms with van der Waals surface area (Å²) in [6, 6.07) is 12.3. The van der Waals surface area contributed by atoms with Gasteiger partial charge >= 0.3 is 0 Å². The first-order valence-corrected chi connectivity index (χ1v) is 15.8. The first-order chi connectivity index (χ1) is 18.5. The molecule has 1 saturated heterocycles. The van der Waals surface area contributed by atoms with E-state index in [-0.39, 0.29) is 21.9 Å². The number of nitrogens with two attached hydrogens (primary N) is 2. The number of hydrogen-bond donors (Lipinski definition) is 6. The summed E-state index contributed by atoms with van der Waals surface area (Å²) in [6.45, 7) is 5.06. The van der Waals surface area contributed by atoms with Crippen molar-refractivity contribution < 1.29 is 30.6 Å². The number of benzene rings is 2. The van der Waals surface area contributed by atoms with Gasteiger partial charge in [0.2, 0.25) is 0 Å². The topological polar surface area (TPSA) is 210 Å². The van der Waals surface area contributed by atoms with Gasteiger partial charge in [0, 0.05) is 38.8 Å². The number of nitrogens with zero attached hydrogens (tertiary/aromatic N) is 2.